The van der Waals surface area contributed by atoms with E-state index in [0.29, 0.717) is 11.4 Å². The molecular formula is C13H16BF3N3NaO2. The van der Waals surface area contributed by atoms with E-state index in [-0.39, 0.29) is 61.7 Å². The second-order valence-corrected chi connectivity index (χ2v) is 4.15. The molecule has 0 saturated carbocycles. The molecule has 2 aromatic rings. The molecule has 0 aliphatic rings. The van der Waals surface area contributed by atoms with E-state index in [1.807, 2.05) is 0 Å². The van der Waals surface area contributed by atoms with Crippen LogP contribution in [-0.2, 0) is 6.61 Å². The van der Waals surface area contributed by atoms with E-state index in [4.69, 9.17) is 9.84 Å². The molecule has 0 unspecified atom stereocenters. The number of aromatic nitrogens is 3. The summed E-state index contributed by atoms with van der Waals surface area (Å²) < 4.78 is 42.7. The fourth-order valence-electron chi connectivity index (χ4n) is 1.63. The molecular weight excluding hydrogens is 321 g/mol. The van der Waals surface area contributed by atoms with Crippen molar-refractivity contribution in [2.75, 3.05) is 6.61 Å². The van der Waals surface area contributed by atoms with Crippen LogP contribution in [0.5, 0.6) is 5.88 Å². The molecule has 2 aromatic heterocycles. The quantitative estimate of drug-likeness (QED) is 0.621. The molecule has 2 heterocycles. The van der Waals surface area contributed by atoms with Crippen molar-refractivity contribution >= 4 is 8.41 Å². The molecule has 0 aliphatic heterocycles. The molecule has 0 aromatic carbocycles. The number of aliphatic hydroxyl groups excluding tert-OH is 1. The third-order valence-corrected chi connectivity index (χ3v) is 2.66. The summed E-state index contributed by atoms with van der Waals surface area (Å²) in [7, 11) is 0. The zero-order valence-corrected chi connectivity index (χ0v) is 14.1. The third-order valence-electron chi connectivity index (χ3n) is 2.66. The number of aliphatic hydroxyl groups is 1. The van der Waals surface area contributed by atoms with Gasteiger partial charge >= 0.3 is 29.6 Å². The monoisotopic (exact) mass is 337 g/mol. The average Bonchev–Trinajstić information content (AvgIpc) is 2.46. The van der Waals surface area contributed by atoms with E-state index in [1.54, 1.807) is 6.92 Å². The predicted molar refractivity (Wildman–Crippen MR) is 78.7 cm³/mol. The van der Waals surface area contributed by atoms with Gasteiger partial charge in [0.15, 0.2) is 12.4 Å². The van der Waals surface area contributed by atoms with Crippen LogP contribution in [0.4, 0.5) is 13.2 Å². The van der Waals surface area contributed by atoms with Gasteiger partial charge in [-0.15, -0.1) is 0 Å². The van der Waals surface area contributed by atoms with Gasteiger partial charge in [0.05, 0.1) is 36.1 Å². The summed E-state index contributed by atoms with van der Waals surface area (Å²) in [6, 6.07) is 1.18. The van der Waals surface area contributed by atoms with E-state index in [9.17, 15) is 13.2 Å². The Bertz CT molecular complexity index is 650. The van der Waals surface area contributed by atoms with Crippen LogP contribution < -0.4 is 34.3 Å². The zero-order chi connectivity index (χ0) is 15.4. The van der Waals surface area contributed by atoms with E-state index in [2.05, 4.69) is 15.0 Å². The number of pyridine rings is 1. The van der Waals surface area contributed by atoms with Crippen LogP contribution in [0, 0.1) is 12.7 Å². The molecule has 0 amide bonds. The number of nitrogens with zero attached hydrogens (tertiary/aromatic N) is 3. The molecule has 1 N–H and O–H groups in total. The smallest absolute Gasteiger partial charge is 0.472 e. The number of hydrogen-bond donors (Lipinski definition) is 1. The van der Waals surface area contributed by atoms with Gasteiger partial charge in [-0.25, -0.2) is 23.1 Å². The fourth-order valence-corrected chi connectivity index (χ4v) is 1.63. The second kappa shape index (κ2) is 9.87. The molecule has 10 heteroatoms. The Morgan fingerprint density at radius 2 is 1.96 bits per heavy atom. The molecule has 120 valence electrons. The zero-order valence-electron chi connectivity index (χ0n) is 12.1. The van der Waals surface area contributed by atoms with Crippen molar-refractivity contribution in [3.63, 3.8) is 0 Å². The summed E-state index contributed by atoms with van der Waals surface area (Å²) in [4.78, 5) is 11.6. The van der Waals surface area contributed by atoms with Crippen LogP contribution >= 0.6 is 0 Å². The molecule has 0 bridgehead atoms. The molecule has 0 saturated heterocycles. The molecule has 5 nitrogen and oxygen atoms in total. The Hall–Kier alpha value is -1.16. The SMILES string of the molecule is Cc1nc(-c2cc(OCC(F)F)ncc2F)cnc1CO.[BH4-].[Na+]. The largest absolute Gasteiger partial charge is 1.00 e. The number of ether oxygens (including phenoxy) is 1. The summed E-state index contributed by atoms with van der Waals surface area (Å²) in [5.41, 5.74) is 1.06. The van der Waals surface area contributed by atoms with Crippen molar-refractivity contribution < 1.29 is 52.6 Å². The van der Waals surface area contributed by atoms with Gasteiger partial charge in [-0.2, -0.15) is 0 Å². The second-order valence-electron chi connectivity index (χ2n) is 4.15. The molecule has 0 spiro atoms. The molecule has 2 rings (SSSR count). The van der Waals surface area contributed by atoms with E-state index < -0.39 is 18.8 Å². The van der Waals surface area contributed by atoms with Crippen molar-refractivity contribution in [1.82, 2.24) is 15.0 Å². The van der Waals surface area contributed by atoms with E-state index in [1.165, 1.54) is 12.3 Å². The van der Waals surface area contributed by atoms with Gasteiger partial charge in [0, 0.05) is 11.6 Å². The minimum atomic E-state index is -2.65. The number of halogens is 3. The van der Waals surface area contributed by atoms with Crippen LogP contribution in [0.2, 0.25) is 0 Å². The van der Waals surface area contributed by atoms with Gasteiger partial charge in [-0.3, -0.25) is 4.98 Å². The maximum absolute atomic E-state index is 13.8. The summed E-state index contributed by atoms with van der Waals surface area (Å²) in [5, 5.41) is 9.02. The maximum atomic E-state index is 13.8. The van der Waals surface area contributed by atoms with Gasteiger partial charge < -0.3 is 9.84 Å². The summed E-state index contributed by atoms with van der Waals surface area (Å²) >= 11 is 0. The molecule has 0 aliphatic carbocycles. The Balaban J connectivity index is 0.00000242. The normalized spacial score (nSPS) is 10.0. The van der Waals surface area contributed by atoms with E-state index in [0.717, 1.165) is 6.20 Å². The van der Waals surface area contributed by atoms with Crippen molar-refractivity contribution in [3.8, 4) is 17.1 Å². The van der Waals surface area contributed by atoms with Gasteiger partial charge in [-0.05, 0) is 6.92 Å². The molecule has 23 heavy (non-hydrogen) atoms. The van der Waals surface area contributed by atoms with Crippen molar-refractivity contribution in [3.05, 3.63) is 35.7 Å². The van der Waals surface area contributed by atoms with Crippen LogP contribution in [0.3, 0.4) is 0 Å². The third kappa shape index (κ3) is 5.76. The Kier molecular flexibility index (Phi) is 9.37. The summed E-state index contributed by atoms with van der Waals surface area (Å²) in [6.45, 7) is 0.516. The van der Waals surface area contributed by atoms with Crippen molar-refractivity contribution in [2.24, 2.45) is 0 Å². The number of hydrogen-bond acceptors (Lipinski definition) is 5. The first kappa shape index (κ1) is 21.8. The first-order valence-electron chi connectivity index (χ1n) is 6.01. The van der Waals surface area contributed by atoms with Gasteiger partial charge in [-0.1, -0.05) is 8.41 Å². The van der Waals surface area contributed by atoms with Crippen LogP contribution in [0.15, 0.2) is 18.5 Å². The number of alkyl halides is 2. The van der Waals surface area contributed by atoms with Crippen LogP contribution in [0.25, 0.3) is 11.3 Å². The Labute approximate surface area is 155 Å². The van der Waals surface area contributed by atoms with Crippen molar-refractivity contribution in [2.45, 2.75) is 20.0 Å². The Morgan fingerprint density at radius 1 is 1.26 bits per heavy atom. The molecule has 0 radical (unpaired) electrons. The predicted octanol–water partition coefficient (Wildman–Crippen LogP) is -2.33. The number of aryl methyl sites for hydroxylation is 1. The van der Waals surface area contributed by atoms with Crippen molar-refractivity contribution in [1.29, 1.82) is 0 Å². The van der Waals surface area contributed by atoms with E-state index >= 15 is 0 Å². The fraction of sp³-hybridized carbons (Fsp3) is 0.308. The van der Waals surface area contributed by atoms with Crippen LogP contribution in [0.1, 0.15) is 11.4 Å². The maximum Gasteiger partial charge on any atom is 1.00 e. The summed E-state index contributed by atoms with van der Waals surface area (Å²) in [5.74, 6) is -0.803. The molecule has 0 atom stereocenters. The number of rotatable bonds is 5. The minimum absolute atomic E-state index is 0. The minimum Gasteiger partial charge on any atom is -0.472 e. The standard InChI is InChI=1S/C13H12F3N3O2.BH4.Na/c1-7-11(5-20)17-4-10(19-7)8-2-13(18-3-9(8)14)21-6-12(15)16;;/h2-4,12,20H,5-6H2,1H3;1H4;/q;-1;+1. The first-order chi connectivity index (χ1) is 10.0. The summed E-state index contributed by atoms with van der Waals surface area (Å²) in [6.07, 6.45) is -0.493. The average molecular weight is 337 g/mol. The van der Waals surface area contributed by atoms with Gasteiger partial charge in [0.25, 0.3) is 6.43 Å². The Morgan fingerprint density at radius 3 is 2.52 bits per heavy atom. The van der Waals surface area contributed by atoms with Gasteiger partial charge in [0.2, 0.25) is 5.88 Å². The molecule has 0 fully saturated rings. The topological polar surface area (TPSA) is 68.1 Å². The van der Waals surface area contributed by atoms with Gasteiger partial charge in [0.1, 0.15) is 0 Å². The van der Waals surface area contributed by atoms with Crippen LogP contribution in [-0.4, -0.2) is 41.5 Å². The first-order valence-corrected chi connectivity index (χ1v) is 6.01.